The lowest BCUT2D eigenvalue weighted by Crippen LogP contribution is -2.39. The highest BCUT2D eigenvalue weighted by atomic mass is 19.1. The summed E-state index contributed by atoms with van der Waals surface area (Å²) in [6.45, 7) is 2.51. The SMILES string of the molecule is CN(C)C(=O)c1cc2c(-c3ccc(C4CCN(c5ccc([C@H]6CCC(=O)NC6=O)cc5F)CC4)cc3)cc(C3=CCCN(C(=O)CCn4ccnn4)C3)c(F)c2[nH]1. The smallest absolute Gasteiger partial charge is 0.269 e. The van der Waals surface area contributed by atoms with Crippen molar-refractivity contribution < 1.29 is 28.0 Å². The van der Waals surface area contributed by atoms with E-state index in [1.807, 2.05) is 29.2 Å². The van der Waals surface area contributed by atoms with E-state index in [2.05, 4.69) is 32.7 Å². The molecule has 2 aromatic heterocycles. The Labute approximate surface area is 328 Å². The number of fused-ring (bicyclic) bond motifs is 1. The van der Waals surface area contributed by atoms with Gasteiger partial charge < -0.3 is 19.7 Å². The molecule has 2 saturated heterocycles. The van der Waals surface area contributed by atoms with E-state index in [0.717, 1.165) is 29.5 Å². The zero-order chi connectivity index (χ0) is 39.8. The van der Waals surface area contributed by atoms with Gasteiger partial charge in [-0.05, 0) is 83.7 Å². The van der Waals surface area contributed by atoms with Crippen molar-refractivity contribution in [2.75, 3.05) is 45.2 Å². The maximum atomic E-state index is 16.5. The summed E-state index contributed by atoms with van der Waals surface area (Å²) in [5.74, 6) is -2.14. The standard InChI is InChI=1S/C43H44F2N8O4/c1-50(2)43(57)36-24-34-32(23-33(40(45)41(34)47-36)30-4-3-17-52(25-30)39(55)15-20-53-21-16-46-49-53)28-7-5-26(6-8-28)27-13-18-51(19-14-27)37-11-9-29(22-35(37)44)31-10-12-38(54)48-42(31)56/h4-9,11,16,21-24,27,31,47H,3,10,12-15,17-20,25H2,1-2H3,(H,48,54,56)/t31-/m1/s1. The van der Waals surface area contributed by atoms with Crippen molar-refractivity contribution in [2.24, 2.45) is 0 Å². The van der Waals surface area contributed by atoms with Crippen molar-refractivity contribution in [3.63, 3.8) is 0 Å². The number of aromatic nitrogens is 4. The Balaban J connectivity index is 1.01. The third kappa shape index (κ3) is 7.68. The summed E-state index contributed by atoms with van der Waals surface area (Å²) in [7, 11) is 3.30. The molecule has 57 heavy (non-hydrogen) atoms. The molecule has 3 aliphatic heterocycles. The average molecular weight is 775 g/mol. The molecule has 2 fully saturated rings. The number of halogens is 2. The van der Waals surface area contributed by atoms with Crippen LogP contribution < -0.4 is 10.2 Å². The van der Waals surface area contributed by atoms with Gasteiger partial charge in [-0.25, -0.2) is 8.78 Å². The highest BCUT2D eigenvalue weighted by Gasteiger charge is 2.30. The summed E-state index contributed by atoms with van der Waals surface area (Å²) in [6.07, 6.45) is 8.33. The van der Waals surface area contributed by atoms with Gasteiger partial charge in [0, 0.05) is 70.3 Å². The molecular weight excluding hydrogens is 731 g/mol. The van der Waals surface area contributed by atoms with Crippen LogP contribution in [-0.2, 0) is 20.9 Å². The van der Waals surface area contributed by atoms with E-state index in [9.17, 15) is 19.2 Å². The fraction of sp³-hybridized carbons (Fsp3) is 0.349. The number of carbonyl (C=O) groups is 4. The number of H-pyrrole nitrogens is 1. The van der Waals surface area contributed by atoms with Crippen molar-refractivity contribution in [1.29, 1.82) is 0 Å². The topological polar surface area (TPSA) is 137 Å². The summed E-state index contributed by atoms with van der Waals surface area (Å²) in [4.78, 5) is 58.4. The number of anilines is 1. The minimum atomic E-state index is -0.537. The van der Waals surface area contributed by atoms with E-state index < -0.39 is 11.7 Å². The number of benzene rings is 3. The Morgan fingerprint density at radius 1 is 0.930 bits per heavy atom. The zero-order valence-corrected chi connectivity index (χ0v) is 31.9. The minimum absolute atomic E-state index is 0.0502. The number of piperidine rings is 2. The largest absolute Gasteiger partial charge is 0.369 e. The van der Waals surface area contributed by atoms with Gasteiger partial charge in [-0.2, -0.15) is 0 Å². The van der Waals surface area contributed by atoms with Gasteiger partial charge in [-0.1, -0.05) is 41.6 Å². The van der Waals surface area contributed by atoms with Gasteiger partial charge in [-0.15, -0.1) is 5.10 Å². The number of aryl methyl sites for hydroxylation is 1. The third-order valence-electron chi connectivity index (χ3n) is 11.5. The van der Waals surface area contributed by atoms with Crippen LogP contribution in [0.1, 0.15) is 77.5 Å². The van der Waals surface area contributed by atoms with E-state index in [1.54, 1.807) is 54.3 Å². The Hall–Kier alpha value is -6.18. The molecule has 0 spiro atoms. The maximum absolute atomic E-state index is 16.5. The molecule has 12 nitrogen and oxygen atoms in total. The molecule has 0 radical (unpaired) electrons. The lowest BCUT2D eigenvalue weighted by molar-refractivity contribution is -0.134. The number of hydrogen-bond donors (Lipinski definition) is 2. The summed E-state index contributed by atoms with van der Waals surface area (Å²) in [5.41, 5.74) is 5.45. The first-order valence-corrected chi connectivity index (χ1v) is 19.4. The molecule has 3 aromatic carbocycles. The summed E-state index contributed by atoms with van der Waals surface area (Å²) in [6, 6.07) is 16.7. The van der Waals surface area contributed by atoms with Crippen LogP contribution in [0.4, 0.5) is 14.5 Å². The van der Waals surface area contributed by atoms with Crippen LogP contribution >= 0.6 is 0 Å². The van der Waals surface area contributed by atoms with Crippen LogP contribution in [0.2, 0.25) is 0 Å². The number of hydrogen-bond acceptors (Lipinski definition) is 7. The van der Waals surface area contributed by atoms with Crippen molar-refractivity contribution in [3.05, 3.63) is 107 Å². The normalized spacial score (nSPS) is 17.8. The second-order valence-corrected chi connectivity index (χ2v) is 15.3. The van der Waals surface area contributed by atoms with Crippen molar-refractivity contribution in [3.8, 4) is 11.1 Å². The summed E-state index contributed by atoms with van der Waals surface area (Å²) >= 11 is 0. The fourth-order valence-electron chi connectivity index (χ4n) is 8.36. The summed E-state index contributed by atoms with van der Waals surface area (Å²) < 4.78 is 33.6. The number of nitrogens with zero attached hydrogens (tertiary/aromatic N) is 6. The number of nitrogens with one attached hydrogen (secondary N) is 2. The van der Waals surface area contributed by atoms with Crippen molar-refractivity contribution in [1.82, 2.24) is 35.1 Å². The molecule has 3 aliphatic rings. The Kier molecular flexibility index (Phi) is 10.4. The third-order valence-corrected chi connectivity index (χ3v) is 11.5. The van der Waals surface area contributed by atoms with E-state index in [0.29, 0.717) is 66.8 Å². The molecule has 5 aromatic rings. The Morgan fingerprint density at radius 2 is 1.70 bits per heavy atom. The quantitative estimate of drug-likeness (QED) is 0.175. The number of aromatic amines is 1. The predicted molar refractivity (Wildman–Crippen MR) is 211 cm³/mol. The lowest BCUT2D eigenvalue weighted by Gasteiger charge is -2.34. The number of imide groups is 1. The molecule has 8 rings (SSSR count). The molecule has 1 atom stereocenters. The fourth-order valence-corrected chi connectivity index (χ4v) is 8.36. The van der Waals surface area contributed by atoms with Gasteiger partial charge in [0.1, 0.15) is 11.5 Å². The van der Waals surface area contributed by atoms with Crippen molar-refractivity contribution in [2.45, 2.75) is 56.9 Å². The number of carbonyl (C=O) groups excluding carboxylic acids is 4. The highest BCUT2D eigenvalue weighted by molar-refractivity contribution is 6.04. The first kappa shape index (κ1) is 37.7. The molecular formula is C43H44F2N8O4. The lowest BCUT2D eigenvalue weighted by atomic mass is 9.87. The van der Waals surface area contributed by atoms with E-state index >= 15 is 8.78 Å². The maximum Gasteiger partial charge on any atom is 0.269 e. The predicted octanol–water partition coefficient (Wildman–Crippen LogP) is 6.02. The van der Waals surface area contributed by atoms with E-state index in [1.165, 1.54) is 11.0 Å². The van der Waals surface area contributed by atoms with Crippen LogP contribution in [0.3, 0.4) is 0 Å². The number of amides is 4. The van der Waals surface area contributed by atoms with Crippen LogP contribution in [0.15, 0.2) is 73.1 Å². The van der Waals surface area contributed by atoms with E-state index in [-0.39, 0.29) is 66.0 Å². The second-order valence-electron chi connectivity index (χ2n) is 15.3. The molecule has 0 bridgehead atoms. The first-order chi connectivity index (χ1) is 27.5. The van der Waals surface area contributed by atoms with Gasteiger partial charge >= 0.3 is 0 Å². The molecule has 294 valence electrons. The molecule has 0 saturated carbocycles. The van der Waals surface area contributed by atoms with Gasteiger partial charge in [0.15, 0.2) is 5.82 Å². The van der Waals surface area contributed by atoms with Crippen LogP contribution in [0.5, 0.6) is 0 Å². The highest BCUT2D eigenvalue weighted by Crippen LogP contribution is 2.39. The van der Waals surface area contributed by atoms with Gasteiger partial charge in [0.2, 0.25) is 17.7 Å². The van der Waals surface area contributed by atoms with Crippen molar-refractivity contribution >= 4 is 45.8 Å². The second kappa shape index (κ2) is 15.8. The zero-order valence-electron chi connectivity index (χ0n) is 31.9. The van der Waals surface area contributed by atoms with Gasteiger partial charge in [-0.3, -0.25) is 29.2 Å². The van der Waals surface area contributed by atoms with Crippen LogP contribution in [-0.4, -0.2) is 93.7 Å². The molecule has 4 amide bonds. The summed E-state index contributed by atoms with van der Waals surface area (Å²) in [5, 5.41) is 10.7. The number of rotatable bonds is 9. The Bertz CT molecular complexity index is 2380. The average Bonchev–Trinajstić information content (AvgIpc) is 3.92. The van der Waals surface area contributed by atoms with Gasteiger partial charge in [0.25, 0.3) is 5.91 Å². The minimum Gasteiger partial charge on any atom is -0.369 e. The monoisotopic (exact) mass is 774 g/mol. The Morgan fingerprint density at radius 3 is 2.40 bits per heavy atom. The van der Waals surface area contributed by atoms with E-state index in [4.69, 9.17) is 0 Å². The first-order valence-electron chi connectivity index (χ1n) is 19.4. The molecule has 0 unspecified atom stereocenters. The molecule has 0 aliphatic carbocycles. The molecule has 2 N–H and O–H groups in total. The van der Waals surface area contributed by atoms with Gasteiger partial charge in [0.05, 0.1) is 29.9 Å². The van der Waals surface area contributed by atoms with Crippen LogP contribution in [0.25, 0.3) is 27.6 Å². The molecule has 14 heteroatoms. The van der Waals surface area contributed by atoms with Crippen LogP contribution in [0, 0.1) is 11.6 Å². The molecule has 5 heterocycles.